The van der Waals surface area contributed by atoms with Crippen molar-refractivity contribution in [1.29, 1.82) is 0 Å². The fourth-order valence-electron chi connectivity index (χ4n) is 2.58. The number of ether oxygens (including phenoxy) is 2. The van der Waals surface area contributed by atoms with E-state index in [1.165, 1.54) is 0 Å². The summed E-state index contributed by atoms with van der Waals surface area (Å²) < 4.78 is 10.7. The summed E-state index contributed by atoms with van der Waals surface area (Å²) in [7, 11) is 1.62. The van der Waals surface area contributed by atoms with Gasteiger partial charge in [-0.3, -0.25) is 4.90 Å². The smallest absolute Gasteiger partial charge is 0.224 e. The highest BCUT2D eigenvalue weighted by Crippen LogP contribution is 2.29. The second-order valence-electron chi connectivity index (χ2n) is 5.62. The number of benzene rings is 1. The number of halogens is 1. The van der Waals surface area contributed by atoms with Gasteiger partial charge >= 0.3 is 0 Å². The summed E-state index contributed by atoms with van der Waals surface area (Å²) in [4.78, 5) is 11.1. The predicted molar refractivity (Wildman–Crippen MR) is 99.1 cm³/mol. The third-order valence-electron chi connectivity index (χ3n) is 3.89. The van der Waals surface area contributed by atoms with E-state index in [-0.39, 0.29) is 0 Å². The fourth-order valence-corrected chi connectivity index (χ4v) is 2.75. The SMILES string of the molecule is COc1ccc(Cl)cc1Nc1ccnc(NCCN2CCOCC2)n1. The first-order valence-electron chi connectivity index (χ1n) is 8.22. The van der Waals surface area contributed by atoms with Gasteiger partial charge in [-0.05, 0) is 24.3 Å². The lowest BCUT2D eigenvalue weighted by atomic mass is 10.3. The third-order valence-corrected chi connectivity index (χ3v) is 4.13. The second-order valence-corrected chi connectivity index (χ2v) is 6.05. The summed E-state index contributed by atoms with van der Waals surface area (Å²) >= 11 is 6.06. The van der Waals surface area contributed by atoms with Crippen LogP contribution in [0.1, 0.15) is 0 Å². The molecule has 0 atom stereocenters. The molecular formula is C17H22ClN5O2. The molecule has 2 N–H and O–H groups in total. The van der Waals surface area contributed by atoms with Crippen LogP contribution in [0.2, 0.25) is 5.02 Å². The van der Waals surface area contributed by atoms with Crippen LogP contribution in [-0.2, 0) is 4.74 Å². The van der Waals surface area contributed by atoms with Crippen molar-refractivity contribution in [2.75, 3.05) is 57.1 Å². The first-order chi connectivity index (χ1) is 12.2. The van der Waals surface area contributed by atoms with E-state index in [1.54, 1.807) is 31.5 Å². The lowest BCUT2D eigenvalue weighted by Gasteiger charge is -2.26. The van der Waals surface area contributed by atoms with Crippen molar-refractivity contribution in [1.82, 2.24) is 14.9 Å². The highest BCUT2D eigenvalue weighted by Gasteiger charge is 2.10. The average molecular weight is 364 g/mol. The van der Waals surface area contributed by atoms with Crippen molar-refractivity contribution in [2.45, 2.75) is 0 Å². The van der Waals surface area contributed by atoms with Crippen LogP contribution in [0, 0.1) is 0 Å². The van der Waals surface area contributed by atoms with Gasteiger partial charge in [0.25, 0.3) is 0 Å². The maximum atomic E-state index is 6.06. The van der Waals surface area contributed by atoms with Crippen molar-refractivity contribution in [2.24, 2.45) is 0 Å². The molecule has 2 aromatic rings. The molecule has 8 heteroatoms. The van der Waals surface area contributed by atoms with Crippen molar-refractivity contribution >= 4 is 29.1 Å². The van der Waals surface area contributed by atoms with Gasteiger partial charge in [-0.15, -0.1) is 0 Å². The number of nitrogens with one attached hydrogen (secondary N) is 2. The maximum absolute atomic E-state index is 6.06. The Balaban J connectivity index is 1.58. The Morgan fingerprint density at radius 1 is 1.28 bits per heavy atom. The van der Waals surface area contributed by atoms with Crippen molar-refractivity contribution < 1.29 is 9.47 Å². The van der Waals surface area contributed by atoms with Gasteiger partial charge in [0.15, 0.2) is 0 Å². The number of morpholine rings is 1. The highest BCUT2D eigenvalue weighted by atomic mass is 35.5. The van der Waals surface area contributed by atoms with Gasteiger partial charge in [0, 0.05) is 37.4 Å². The van der Waals surface area contributed by atoms with Gasteiger partial charge in [0.1, 0.15) is 11.6 Å². The molecule has 3 rings (SSSR count). The molecule has 1 fully saturated rings. The minimum Gasteiger partial charge on any atom is -0.495 e. The van der Waals surface area contributed by atoms with Crippen molar-refractivity contribution in [3.8, 4) is 5.75 Å². The molecule has 0 aliphatic carbocycles. The van der Waals surface area contributed by atoms with Crippen LogP contribution >= 0.6 is 11.6 Å². The Morgan fingerprint density at radius 2 is 2.12 bits per heavy atom. The highest BCUT2D eigenvalue weighted by molar-refractivity contribution is 6.31. The van der Waals surface area contributed by atoms with Gasteiger partial charge in [-0.2, -0.15) is 4.98 Å². The molecule has 0 amide bonds. The molecule has 1 aromatic carbocycles. The summed E-state index contributed by atoms with van der Waals surface area (Å²) in [6.07, 6.45) is 1.71. The van der Waals surface area contributed by atoms with Gasteiger partial charge < -0.3 is 20.1 Å². The zero-order valence-corrected chi connectivity index (χ0v) is 14.9. The summed E-state index contributed by atoms with van der Waals surface area (Å²) in [5, 5.41) is 7.10. The summed E-state index contributed by atoms with van der Waals surface area (Å²) in [6, 6.07) is 7.19. The van der Waals surface area contributed by atoms with E-state index in [0.717, 1.165) is 45.1 Å². The van der Waals surface area contributed by atoms with Crippen LogP contribution in [-0.4, -0.2) is 61.4 Å². The lowest BCUT2D eigenvalue weighted by molar-refractivity contribution is 0.0398. The number of hydrogen-bond acceptors (Lipinski definition) is 7. The third kappa shape index (κ3) is 5.19. The quantitative estimate of drug-likeness (QED) is 0.783. The first-order valence-corrected chi connectivity index (χ1v) is 8.60. The van der Waals surface area contributed by atoms with E-state index < -0.39 is 0 Å². The second kappa shape index (κ2) is 8.84. The number of rotatable bonds is 7. The van der Waals surface area contributed by atoms with E-state index in [0.29, 0.717) is 22.5 Å². The first kappa shape index (κ1) is 17.7. The molecule has 7 nitrogen and oxygen atoms in total. The summed E-state index contributed by atoms with van der Waals surface area (Å²) in [5.41, 5.74) is 0.757. The Bertz CT molecular complexity index is 694. The van der Waals surface area contributed by atoms with E-state index in [9.17, 15) is 0 Å². The zero-order chi connectivity index (χ0) is 17.5. The Morgan fingerprint density at radius 3 is 2.92 bits per heavy atom. The van der Waals surface area contributed by atoms with Gasteiger partial charge in [0.05, 0.1) is 26.0 Å². The maximum Gasteiger partial charge on any atom is 0.224 e. The van der Waals surface area contributed by atoms with Crippen LogP contribution in [0.4, 0.5) is 17.5 Å². The number of nitrogens with zero attached hydrogens (tertiary/aromatic N) is 3. The molecule has 1 aliphatic heterocycles. The van der Waals surface area contributed by atoms with Crippen LogP contribution < -0.4 is 15.4 Å². The molecule has 0 radical (unpaired) electrons. The minimum atomic E-state index is 0.583. The number of hydrogen-bond donors (Lipinski definition) is 2. The molecule has 25 heavy (non-hydrogen) atoms. The van der Waals surface area contributed by atoms with Crippen molar-refractivity contribution in [3.63, 3.8) is 0 Å². The van der Waals surface area contributed by atoms with E-state index in [2.05, 4.69) is 25.5 Å². The Hall–Kier alpha value is -2.09. The van der Waals surface area contributed by atoms with Gasteiger partial charge in [0.2, 0.25) is 5.95 Å². The molecule has 0 spiro atoms. The topological polar surface area (TPSA) is 71.5 Å². The Labute approximate surface area is 152 Å². The summed E-state index contributed by atoms with van der Waals surface area (Å²) in [5.74, 6) is 1.95. The van der Waals surface area contributed by atoms with Crippen LogP contribution in [0.5, 0.6) is 5.75 Å². The molecule has 1 aromatic heterocycles. The van der Waals surface area contributed by atoms with E-state index >= 15 is 0 Å². The Kier molecular flexibility index (Phi) is 6.27. The number of aromatic nitrogens is 2. The largest absolute Gasteiger partial charge is 0.495 e. The van der Waals surface area contributed by atoms with E-state index in [1.807, 2.05) is 6.07 Å². The van der Waals surface area contributed by atoms with Gasteiger partial charge in [-0.1, -0.05) is 11.6 Å². The molecular weight excluding hydrogens is 342 g/mol. The molecule has 0 bridgehead atoms. The number of methoxy groups -OCH3 is 1. The number of anilines is 3. The molecule has 2 heterocycles. The van der Waals surface area contributed by atoms with Crippen LogP contribution in [0.15, 0.2) is 30.5 Å². The predicted octanol–water partition coefficient (Wildman–Crippen LogP) is 2.63. The molecule has 134 valence electrons. The minimum absolute atomic E-state index is 0.583. The summed E-state index contributed by atoms with van der Waals surface area (Å²) in [6.45, 7) is 5.27. The van der Waals surface area contributed by atoms with E-state index in [4.69, 9.17) is 21.1 Å². The molecule has 0 unspecified atom stereocenters. The molecule has 1 aliphatic rings. The average Bonchev–Trinajstić information content (AvgIpc) is 2.63. The van der Waals surface area contributed by atoms with Crippen LogP contribution in [0.25, 0.3) is 0 Å². The molecule has 1 saturated heterocycles. The fraction of sp³-hybridized carbons (Fsp3) is 0.412. The lowest BCUT2D eigenvalue weighted by Crippen LogP contribution is -2.39. The normalized spacial score (nSPS) is 15.0. The van der Waals surface area contributed by atoms with Gasteiger partial charge in [-0.25, -0.2) is 4.98 Å². The monoisotopic (exact) mass is 363 g/mol. The van der Waals surface area contributed by atoms with Crippen molar-refractivity contribution in [3.05, 3.63) is 35.5 Å². The van der Waals surface area contributed by atoms with Crippen LogP contribution in [0.3, 0.4) is 0 Å². The molecule has 0 saturated carbocycles. The standard InChI is InChI=1S/C17H22ClN5O2/c1-24-15-3-2-13(18)12-14(15)21-16-4-5-19-17(22-16)20-6-7-23-8-10-25-11-9-23/h2-5,12H,6-11H2,1H3,(H2,19,20,21,22). The zero-order valence-electron chi connectivity index (χ0n) is 14.2.